The van der Waals surface area contributed by atoms with Crippen molar-refractivity contribution in [3.8, 4) is 0 Å². The predicted molar refractivity (Wildman–Crippen MR) is 174 cm³/mol. The third kappa shape index (κ3) is 7.47. The summed E-state index contributed by atoms with van der Waals surface area (Å²) in [6.07, 6.45) is 7.74. The van der Waals surface area contributed by atoms with Crippen LogP contribution in [0.3, 0.4) is 0 Å². The number of halogens is 1. The van der Waals surface area contributed by atoms with Crippen molar-refractivity contribution in [1.82, 2.24) is 19.0 Å². The van der Waals surface area contributed by atoms with Crippen molar-refractivity contribution in [2.45, 2.75) is 88.1 Å². The van der Waals surface area contributed by atoms with E-state index in [9.17, 15) is 13.2 Å². The molecular weight excluding hydrogens is 580 g/mol. The Morgan fingerprint density at radius 3 is 2.33 bits per heavy atom. The Morgan fingerprint density at radius 1 is 0.930 bits per heavy atom. The van der Waals surface area contributed by atoms with Gasteiger partial charge in [0.25, 0.3) is 0 Å². The number of nitrogens with zero attached hydrogens (tertiary/aromatic N) is 4. The van der Waals surface area contributed by atoms with Crippen molar-refractivity contribution in [2.75, 3.05) is 52.9 Å². The number of likely N-dealkylation sites (N-methyl/N-ethyl adjacent to an activating group) is 1. The van der Waals surface area contributed by atoms with Crippen molar-refractivity contribution >= 4 is 27.5 Å². The van der Waals surface area contributed by atoms with Crippen molar-refractivity contribution < 1.29 is 13.2 Å². The molecule has 0 aromatic heterocycles. The normalized spacial score (nSPS) is 22.5. The van der Waals surface area contributed by atoms with E-state index in [2.05, 4.69) is 47.2 Å². The first-order chi connectivity index (χ1) is 20.6. The van der Waals surface area contributed by atoms with Gasteiger partial charge >= 0.3 is 0 Å². The lowest BCUT2D eigenvalue weighted by molar-refractivity contribution is -0.134. The van der Waals surface area contributed by atoms with Crippen LogP contribution in [-0.4, -0.2) is 97.8 Å². The third-order valence-corrected chi connectivity index (χ3v) is 12.8. The molecule has 0 N–H and O–H groups in total. The van der Waals surface area contributed by atoms with E-state index in [0.717, 1.165) is 89.8 Å². The molecule has 3 aliphatic rings. The van der Waals surface area contributed by atoms with Gasteiger partial charge in [-0.25, -0.2) is 8.42 Å². The highest BCUT2D eigenvalue weighted by Crippen LogP contribution is 2.36. The highest BCUT2D eigenvalue weighted by molar-refractivity contribution is 7.89. The fourth-order valence-corrected chi connectivity index (χ4v) is 9.62. The van der Waals surface area contributed by atoms with Gasteiger partial charge in [-0.15, -0.1) is 0 Å². The van der Waals surface area contributed by atoms with Crippen LogP contribution in [0, 0.1) is 13.8 Å². The van der Waals surface area contributed by atoms with Gasteiger partial charge in [-0.3, -0.25) is 9.69 Å². The van der Waals surface area contributed by atoms with E-state index in [1.54, 1.807) is 23.4 Å². The van der Waals surface area contributed by atoms with E-state index >= 15 is 0 Å². The molecule has 7 nitrogen and oxygen atoms in total. The van der Waals surface area contributed by atoms with Crippen LogP contribution >= 0.6 is 11.6 Å². The number of piperazine rings is 1. The number of aryl methyl sites for hydroxylation is 3. The molecule has 0 spiro atoms. The number of amides is 1. The molecule has 236 valence electrons. The number of piperidine rings is 2. The van der Waals surface area contributed by atoms with E-state index in [1.807, 2.05) is 11.8 Å². The quantitative estimate of drug-likeness (QED) is 0.366. The van der Waals surface area contributed by atoms with Gasteiger partial charge < -0.3 is 9.80 Å². The summed E-state index contributed by atoms with van der Waals surface area (Å²) in [6, 6.07) is 14.0. The zero-order valence-electron chi connectivity index (χ0n) is 26.2. The highest BCUT2D eigenvalue weighted by atomic mass is 35.5. The average Bonchev–Trinajstić information content (AvgIpc) is 3.01. The van der Waals surface area contributed by atoms with E-state index in [-0.39, 0.29) is 17.5 Å². The number of benzene rings is 2. The second-order valence-electron chi connectivity index (χ2n) is 13.1. The summed E-state index contributed by atoms with van der Waals surface area (Å²) in [7, 11) is -1.47. The van der Waals surface area contributed by atoms with Crippen LogP contribution in [0.25, 0.3) is 0 Å². The number of hydrogen-bond acceptors (Lipinski definition) is 5. The van der Waals surface area contributed by atoms with Crippen molar-refractivity contribution in [2.24, 2.45) is 0 Å². The average molecular weight is 629 g/mol. The molecule has 9 heteroatoms. The monoisotopic (exact) mass is 628 g/mol. The highest BCUT2D eigenvalue weighted by Gasteiger charge is 2.41. The van der Waals surface area contributed by atoms with E-state index in [0.29, 0.717) is 34.9 Å². The third-order valence-electron chi connectivity index (χ3n) is 10.3. The standard InChI is InChI=1S/C34H49ClN4O3S/c1-27-26-32(28(2)25-31(27)35)43(41,42)39-18-8-7-11-30(39)12-13-33(40)37-19-16-34(17-20-37,38-23-21-36(3)22-24-38)15-14-29-9-5-4-6-10-29/h4-6,9-10,25-26,30H,7-8,11-24H2,1-3H3. The molecule has 3 fully saturated rings. The van der Waals surface area contributed by atoms with Crippen LogP contribution in [0.4, 0.5) is 0 Å². The molecule has 3 aliphatic heterocycles. The van der Waals surface area contributed by atoms with Gasteiger partial charge in [-0.05, 0) is 94.7 Å². The molecular formula is C34H49ClN4O3S. The molecule has 2 aromatic carbocycles. The van der Waals surface area contributed by atoms with Crippen molar-refractivity contribution in [3.05, 3.63) is 64.2 Å². The Bertz CT molecular complexity index is 1350. The number of hydrogen-bond donors (Lipinski definition) is 0. The topological polar surface area (TPSA) is 64.2 Å². The molecule has 43 heavy (non-hydrogen) atoms. The predicted octanol–water partition coefficient (Wildman–Crippen LogP) is 5.52. The number of sulfonamides is 1. The van der Waals surface area contributed by atoms with Crippen LogP contribution < -0.4 is 0 Å². The number of likely N-dealkylation sites (tertiary alicyclic amines) is 1. The molecule has 1 atom stereocenters. The van der Waals surface area contributed by atoms with Gasteiger partial charge in [0.1, 0.15) is 0 Å². The summed E-state index contributed by atoms with van der Waals surface area (Å²) in [5.74, 6) is 0.163. The fourth-order valence-electron chi connectivity index (χ4n) is 7.39. The maximum atomic E-state index is 13.8. The van der Waals surface area contributed by atoms with Gasteiger partial charge in [0.2, 0.25) is 15.9 Å². The summed E-state index contributed by atoms with van der Waals surface area (Å²) in [4.78, 5) is 21.0. The summed E-state index contributed by atoms with van der Waals surface area (Å²) < 4.78 is 29.3. The lowest BCUT2D eigenvalue weighted by Crippen LogP contribution is -2.61. The number of carbonyl (C=O) groups is 1. The minimum Gasteiger partial charge on any atom is -0.343 e. The SMILES string of the molecule is Cc1cc(S(=O)(=O)N2CCCCC2CCC(=O)N2CCC(CCc3ccccc3)(N3CCN(C)CC3)CC2)c(C)cc1Cl. The largest absolute Gasteiger partial charge is 0.343 e. The smallest absolute Gasteiger partial charge is 0.243 e. The number of rotatable bonds is 9. The fraction of sp³-hybridized carbons (Fsp3) is 0.618. The summed E-state index contributed by atoms with van der Waals surface area (Å²) in [5, 5.41) is 0.579. The van der Waals surface area contributed by atoms with Crippen LogP contribution in [0.5, 0.6) is 0 Å². The zero-order valence-corrected chi connectivity index (χ0v) is 27.8. The van der Waals surface area contributed by atoms with Crippen LogP contribution in [0.2, 0.25) is 5.02 Å². The van der Waals surface area contributed by atoms with Gasteiger partial charge in [0.05, 0.1) is 4.90 Å². The Balaban J connectivity index is 1.22. The Hall–Kier alpha value is -1.97. The molecule has 1 unspecified atom stereocenters. The summed E-state index contributed by atoms with van der Waals surface area (Å²) in [5.41, 5.74) is 2.93. The van der Waals surface area contributed by atoms with Crippen LogP contribution in [-0.2, 0) is 21.2 Å². The minimum absolute atomic E-state index is 0.122. The first-order valence-corrected chi connectivity index (χ1v) is 17.9. The second kappa shape index (κ2) is 14.0. The van der Waals surface area contributed by atoms with Crippen LogP contribution in [0.1, 0.15) is 68.1 Å². The molecule has 0 saturated carbocycles. The minimum atomic E-state index is -3.67. The van der Waals surface area contributed by atoms with E-state index in [1.165, 1.54) is 5.56 Å². The molecule has 3 saturated heterocycles. The van der Waals surface area contributed by atoms with Crippen molar-refractivity contribution in [3.63, 3.8) is 0 Å². The van der Waals surface area contributed by atoms with E-state index in [4.69, 9.17) is 11.6 Å². The lowest BCUT2D eigenvalue weighted by atomic mass is 9.80. The molecule has 3 heterocycles. The van der Waals surface area contributed by atoms with Gasteiger partial charge in [0, 0.05) is 68.8 Å². The van der Waals surface area contributed by atoms with E-state index < -0.39 is 10.0 Å². The van der Waals surface area contributed by atoms with Gasteiger partial charge in [-0.1, -0.05) is 48.4 Å². The summed E-state index contributed by atoms with van der Waals surface area (Å²) >= 11 is 6.27. The first-order valence-electron chi connectivity index (χ1n) is 16.1. The van der Waals surface area contributed by atoms with Gasteiger partial charge in [0.15, 0.2) is 0 Å². The maximum Gasteiger partial charge on any atom is 0.243 e. The molecule has 0 bridgehead atoms. The van der Waals surface area contributed by atoms with Crippen LogP contribution in [0.15, 0.2) is 47.4 Å². The molecule has 2 aromatic rings. The van der Waals surface area contributed by atoms with Gasteiger partial charge in [-0.2, -0.15) is 4.31 Å². The maximum absolute atomic E-state index is 13.8. The Labute approximate surface area is 264 Å². The first kappa shape index (κ1) is 32.4. The number of carbonyl (C=O) groups excluding carboxylic acids is 1. The molecule has 1 amide bonds. The lowest BCUT2D eigenvalue weighted by Gasteiger charge is -2.51. The zero-order chi connectivity index (χ0) is 30.6. The molecule has 0 aliphatic carbocycles. The molecule has 0 radical (unpaired) electrons. The summed E-state index contributed by atoms with van der Waals surface area (Å²) in [6.45, 7) is 10.0. The Morgan fingerprint density at radius 2 is 1.63 bits per heavy atom. The molecule has 5 rings (SSSR count). The van der Waals surface area contributed by atoms with Crippen molar-refractivity contribution in [1.29, 1.82) is 0 Å². The second-order valence-corrected chi connectivity index (χ2v) is 15.3. The Kier molecular flexibility index (Phi) is 10.5.